The minimum atomic E-state index is -0.312. The summed E-state index contributed by atoms with van der Waals surface area (Å²) in [5.74, 6) is 0.964. The molecule has 0 bridgehead atoms. The lowest BCUT2D eigenvalue weighted by Gasteiger charge is -2.11. The number of nitrogens with zero attached hydrogens (tertiary/aromatic N) is 2. The fourth-order valence-electron chi connectivity index (χ4n) is 1.70. The molecule has 1 aromatic heterocycles. The summed E-state index contributed by atoms with van der Waals surface area (Å²) in [6.07, 6.45) is 5.73. The summed E-state index contributed by atoms with van der Waals surface area (Å²) in [5.41, 5.74) is 0. The Labute approximate surface area is 97.3 Å². The Morgan fingerprint density at radius 1 is 1.50 bits per heavy atom. The van der Waals surface area contributed by atoms with Crippen molar-refractivity contribution in [1.82, 2.24) is 9.55 Å². The second-order valence-electron chi connectivity index (χ2n) is 3.83. The van der Waals surface area contributed by atoms with Gasteiger partial charge < -0.3 is 14.4 Å². The van der Waals surface area contributed by atoms with E-state index in [1.807, 2.05) is 13.1 Å². The van der Waals surface area contributed by atoms with Crippen molar-refractivity contribution in [2.75, 3.05) is 13.2 Å². The first-order valence-electron chi connectivity index (χ1n) is 6.03. The highest BCUT2D eigenvalue weighted by atomic mass is 16.5. The Balaban J connectivity index is 2.25. The number of ether oxygens (including phenoxy) is 1. The second kappa shape index (κ2) is 7.41. The number of aliphatic hydroxyl groups is 1. The lowest BCUT2D eigenvalue weighted by atomic mass is 10.1. The molecule has 0 amide bonds. The van der Waals surface area contributed by atoms with E-state index < -0.39 is 0 Å². The van der Waals surface area contributed by atoms with Gasteiger partial charge in [0.25, 0.3) is 0 Å². The minimum Gasteiger partial charge on any atom is -0.393 e. The minimum absolute atomic E-state index is 0.312. The maximum atomic E-state index is 9.83. The van der Waals surface area contributed by atoms with Gasteiger partial charge >= 0.3 is 0 Å². The first-order chi connectivity index (χ1) is 7.77. The molecule has 1 aromatic rings. The monoisotopic (exact) mass is 226 g/mol. The third-order valence-corrected chi connectivity index (χ3v) is 2.59. The molecule has 0 aliphatic carbocycles. The molecule has 4 heteroatoms. The van der Waals surface area contributed by atoms with E-state index in [9.17, 15) is 5.11 Å². The predicted octanol–water partition coefficient (Wildman–Crippen LogP) is 1.62. The van der Waals surface area contributed by atoms with Crippen LogP contribution in [0.25, 0.3) is 0 Å². The normalized spacial score (nSPS) is 12.9. The van der Waals surface area contributed by atoms with E-state index in [-0.39, 0.29) is 6.10 Å². The summed E-state index contributed by atoms with van der Waals surface area (Å²) in [5, 5.41) is 9.83. The van der Waals surface area contributed by atoms with Gasteiger partial charge in [0.15, 0.2) is 0 Å². The quantitative estimate of drug-likeness (QED) is 0.685. The van der Waals surface area contributed by atoms with Gasteiger partial charge in [0.1, 0.15) is 5.82 Å². The summed E-state index contributed by atoms with van der Waals surface area (Å²) in [7, 11) is 0. The number of imidazole rings is 1. The van der Waals surface area contributed by atoms with Crippen LogP contribution in [0.1, 0.15) is 32.5 Å². The lowest BCUT2D eigenvalue weighted by Crippen LogP contribution is -2.15. The van der Waals surface area contributed by atoms with Crippen molar-refractivity contribution in [2.24, 2.45) is 0 Å². The summed E-state index contributed by atoms with van der Waals surface area (Å²) >= 11 is 0. The topological polar surface area (TPSA) is 47.3 Å². The molecule has 16 heavy (non-hydrogen) atoms. The zero-order chi connectivity index (χ0) is 11.8. The largest absolute Gasteiger partial charge is 0.393 e. The van der Waals surface area contributed by atoms with Gasteiger partial charge in [0, 0.05) is 38.6 Å². The fourth-order valence-corrected chi connectivity index (χ4v) is 1.70. The number of aromatic nitrogens is 2. The van der Waals surface area contributed by atoms with Crippen molar-refractivity contribution in [3.8, 4) is 0 Å². The molecular formula is C12H22N2O2. The van der Waals surface area contributed by atoms with Gasteiger partial charge in [-0.2, -0.15) is 0 Å². The van der Waals surface area contributed by atoms with Gasteiger partial charge in [-0.1, -0.05) is 0 Å². The van der Waals surface area contributed by atoms with Gasteiger partial charge in [-0.05, 0) is 26.7 Å². The molecule has 0 fully saturated rings. The molecule has 92 valence electrons. The van der Waals surface area contributed by atoms with E-state index >= 15 is 0 Å². The molecule has 4 nitrogen and oxygen atoms in total. The van der Waals surface area contributed by atoms with Gasteiger partial charge in [0.05, 0.1) is 6.10 Å². The first-order valence-corrected chi connectivity index (χ1v) is 6.03. The summed E-state index contributed by atoms with van der Waals surface area (Å²) in [4.78, 5) is 4.24. The molecule has 0 spiro atoms. The molecular weight excluding hydrogens is 204 g/mol. The second-order valence-corrected chi connectivity index (χ2v) is 3.83. The molecule has 0 aromatic carbocycles. The van der Waals surface area contributed by atoms with Crippen LogP contribution in [0.2, 0.25) is 0 Å². The van der Waals surface area contributed by atoms with Gasteiger partial charge in [-0.25, -0.2) is 4.98 Å². The van der Waals surface area contributed by atoms with Crippen LogP contribution in [0.15, 0.2) is 12.4 Å². The van der Waals surface area contributed by atoms with Gasteiger partial charge in [-0.3, -0.25) is 0 Å². The standard InChI is InChI=1S/C12H22N2O2/c1-3-14-8-7-13-12(14)10-11(15)6-5-9-16-4-2/h7-8,11,15H,3-6,9-10H2,1-2H3. The molecule has 0 saturated heterocycles. The number of aliphatic hydroxyl groups excluding tert-OH is 1. The highest BCUT2D eigenvalue weighted by Crippen LogP contribution is 2.06. The van der Waals surface area contributed by atoms with Crippen molar-refractivity contribution in [2.45, 2.75) is 45.8 Å². The maximum Gasteiger partial charge on any atom is 0.111 e. The van der Waals surface area contributed by atoms with Crippen molar-refractivity contribution in [1.29, 1.82) is 0 Å². The van der Waals surface area contributed by atoms with Crippen LogP contribution in [0.4, 0.5) is 0 Å². The van der Waals surface area contributed by atoms with Crippen LogP contribution in [0.3, 0.4) is 0 Å². The Bertz CT molecular complexity index is 286. The summed E-state index contributed by atoms with van der Waals surface area (Å²) < 4.78 is 7.29. The molecule has 0 aliphatic rings. The van der Waals surface area contributed by atoms with Crippen LogP contribution in [-0.4, -0.2) is 34.0 Å². The Morgan fingerprint density at radius 2 is 2.31 bits per heavy atom. The fraction of sp³-hybridized carbons (Fsp3) is 0.750. The SMILES string of the molecule is CCOCCCC(O)Cc1nccn1CC. The molecule has 0 radical (unpaired) electrons. The molecule has 1 unspecified atom stereocenters. The molecule has 0 saturated carbocycles. The van der Waals surface area contributed by atoms with Crippen molar-refractivity contribution in [3.63, 3.8) is 0 Å². The Hall–Kier alpha value is -0.870. The zero-order valence-electron chi connectivity index (χ0n) is 10.2. The van der Waals surface area contributed by atoms with Crippen molar-refractivity contribution < 1.29 is 9.84 Å². The van der Waals surface area contributed by atoms with E-state index in [1.54, 1.807) is 6.20 Å². The maximum absolute atomic E-state index is 9.83. The van der Waals surface area contributed by atoms with Gasteiger partial charge in [0.2, 0.25) is 0 Å². The Kier molecular flexibility index (Phi) is 6.11. The lowest BCUT2D eigenvalue weighted by molar-refractivity contribution is 0.113. The number of hydrogen-bond acceptors (Lipinski definition) is 3. The van der Waals surface area contributed by atoms with Crippen molar-refractivity contribution >= 4 is 0 Å². The molecule has 1 N–H and O–H groups in total. The van der Waals surface area contributed by atoms with Gasteiger partial charge in [-0.15, -0.1) is 0 Å². The molecule has 0 aliphatic heterocycles. The number of aryl methyl sites for hydroxylation is 1. The van der Waals surface area contributed by atoms with Crippen LogP contribution < -0.4 is 0 Å². The third-order valence-electron chi connectivity index (χ3n) is 2.59. The van der Waals surface area contributed by atoms with E-state index in [4.69, 9.17) is 4.74 Å². The molecule has 1 heterocycles. The van der Waals surface area contributed by atoms with Crippen LogP contribution >= 0.6 is 0 Å². The third kappa shape index (κ3) is 4.33. The highest BCUT2D eigenvalue weighted by Gasteiger charge is 2.09. The Morgan fingerprint density at radius 3 is 3.00 bits per heavy atom. The average Bonchev–Trinajstić information content (AvgIpc) is 2.71. The van der Waals surface area contributed by atoms with Crippen molar-refractivity contribution in [3.05, 3.63) is 18.2 Å². The predicted molar refractivity (Wildman–Crippen MR) is 63.3 cm³/mol. The van der Waals surface area contributed by atoms with E-state index in [2.05, 4.69) is 16.5 Å². The van der Waals surface area contributed by atoms with E-state index in [0.29, 0.717) is 6.42 Å². The molecule has 1 rings (SSSR count). The van der Waals surface area contributed by atoms with E-state index in [0.717, 1.165) is 38.4 Å². The summed E-state index contributed by atoms with van der Waals surface area (Å²) in [6.45, 7) is 6.44. The highest BCUT2D eigenvalue weighted by molar-refractivity contribution is 4.93. The van der Waals surface area contributed by atoms with Crippen LogP contribution in [0.5, 0.6) is 0 Å². The first kappa shape index (κ1) is 13.2. The van der Waals surface area contributed by atoms with Crippen LogP contribution in [-0.2, 0) is 17.7 Å². The number of hydrogen-bond donors (Lipinski definition) is 1. The number of rotatable bonds is 8. The zero-order valence-corrected chi connectivity index (χ0v) is 10.2. The molecule has 1 atom stereocenters. The van der Waals surface area contributed by atoms with Crippen LogP contribution in [0, 0.1) is 0 Å². The average molecular weight is 226 g/mol. The smallest absolute Gasteiger partial charge is 0.111 e. The van der Waals surface area contributed by atoms with E-state index in [1.165, 1.54) is 0 Å². The summed E-state index contributed by atoms with van der Waals surface area (Å²) in [6, 6.07) is 0.